The van der Waals surface area contributed by atoms with E-state index in [0.717, 1.165) is 16.7 Å². The molecule has 3 rings (SSSR count). The van der Waals surface area contributed by atoms with Crippen molar-refractivity contribution in [1.82, 2.24) is 9.63 Å². The summed E-state index contributed by atoms with van der Waals surface area (Å²) in [5.41, 5.74) is -0.556. The average Bonchev–Trinajstić information content (AvgIpc) is 2.62. The lowest BCUT2D eigenvalue weighted by molar-refractivity contribution is -0.228. The van der Waals surface area contributed by atoms with Gasteiger partial charge in [0.15, 0.2) is 0 Å². The van der Waals surface area contributed by atoms with Crippen molar-refractivity contribution in [2.24, 2.45) is 7.05 Å². The van der Waals surface area contributed by atoms with Gasteiger partial charge < -0.3 is 10.2 Å². The molecule has 154 valence electrons. The quantitative estimate of drug-likeness (QED) is 0.687. The monoisotopic (exact) mass is 477 g/mol. The second-order valence-electron chi connectivity index (χ2n) is 6.07. The summed E-state index contributed by atoms with van der Waals surface area (Å²) in [6, 6.07) is 5.16. The van der Waals surface area contributed by atoms with Crippen LogP contribution in [0.1, 0.15) is 15.9 Å². The van der Waals surface area contributed by atoms with Gasteiger partial charge in [0.2, 0.25) is 0 Å². The van der Waals surface area contributed by atoms with Crippen molar-refractivity contribution in [3.63, 3.8) is 0 Å². The first-order chi connectivity index (χ1) is 13.5. The predicted octanol–water partition coefficient (Wildman–Crippen LogP) is 3.05. The molecule has 1 aliphatic heterocycles. The number of amides is 1. The number of aromatic nitrogens is 1. The number of anilines is 2. The number of carbonyl (C=O) groups is 2. The van der Waals surface area contributed by atoms with E-state index >= 15 is 0 Å². The van der Waals surface area contributed by atoms with Crippen LogP contribution in [0.3, 0.4) is 0 Å². The average molecular weight is 478 g/mol. The van der Waals surface area contributed by atoms with Gasteiger partial charge in [-0.1, -0.05) is 15.9 Å². The van der Waals surface area contributed by atoms with Gasteiger partial charge in [-0.2, -0.15) is 18.2 Å². The summed E-state index contributed by atoms with van der Waals surface area (Å²) in [5.74, 6) is -4.47. The molecule has 7 nitrogen and oxygen atoms in total. The Hall–Kier alpha value is -2.89. The molecule has 1 aliphatic rings. The summed E-state index contributed by atoms with van der Waals surface area (Å²) in [4.78, 5) is 40.2. The second kappa shape index (κ2) is 7.50. The SMILES string of the molecule is Cn1c(Nc2ccc(Br)cc2F)c2c(cc1=O)CCN(OC(=O)C(F)(F)F)C2=O. The fourth-order valence-electron chi connectivity index (χ4n) is 2.74. The number of carbonyl (C=O) groups excluding carboxylic acids is 2. The molecule has 12 heteroatoms. The number of alkyl halides is 3. The number of rotatable bonds is 3. The molecule has 1 aromatic carbocycles. The number of nitrogens with one attached hydrogen (secondary N) is 1. The Balaban J connectivity index is 2.04. The number of halogens is 5. The Bertz CT molecular complexity index is 1070. The van der Waals surface area contributed by atoms with E-state index in [1.807, 2.05) is 0 Å². The Labute approximate surface area is 168 Å². The summed E-state index contributed by atoms with van der Waals surface area (Å²) < 4.78 is 53.1. The van der Waals surface area contributed by atoms with Gasteiger partial charge in [0.05, 0.1) is 17.8 Å². The van der Waals surface area contributed by atoms with E-state index in [9.17, 15) is 31.9 Å². The Morgan fingerprint density at radius 3 is 2.55 bits per heavy atom. The summed E-state index contributed by atoms with van der Waals surface area (Å²) in [7, 11) is 1.30. The van der Waals surface area contributed by atoms with Crippen LogP contribution in [0.25, 0.3) is 0 Å². The molecule has 29 heavy (non-hydrogen) atoms. The van der Waals surface area contributed by atoms with Crippen LogP contribution in [0, 0.1) is 5.82 Å². The van der Waals surface area contributed by atoms with Crippen molar-refractivity contribution < 1.29 is 32.0 Å². The van der Waals surface area contributed by atoms with Crippen molar-refractivity contribution in [3.05, 3.63) is 56.0 Å². The van der Waals surface area contributed by atoms with Gasteiger partial charge in [0.1, 0.15) is 11.6 Å². The fourth-order valence-corrected chi connectivity index (χ4v) is 3.07. The van der Waals surface area contributed by atoms with Gasteiger partial charge in [-0.15, -0.1) is 0 Å². The molecule has 0 radical (unpaired) electrons. The number of nitrogens with zero attached hydrogens (tertiary/aromatic N) is 2. The number of pyridine rings is 1. The van der Waals surface area contributed by atoms with Crippen molar-refractivity contribution in [2.75, 3.05) is 11.9 Å². The van der Waals surface area contributed by atoms with Crippen LogP contribution in [0.4, 0.5) is 29.1 Å². The molecule has 0 unspecified atom stereocenters. The molecule has 0 saturated carbocycles. The van der Waals surface area contributed by atoms with Crippen LogP contribution in [-0.2, 0) is 23.1 Å². The maximum Gasteiger partial charge on any atom is 0.493 e. The van der Waals surface area contributed by atoms with Crippen LogP contribution in [0.15, 0.2) is 33.5 Å². The van der Waals surface area contributed by atoms with Crippen molar-refractivity contribution in [2.45, 2.75) is 12.6 Å². The van der Waals surface area contributed by atoms with Crippen LogP contribution in [-0.4, -0.2) is 34.2 Å². The number of benzene rings is 1. The largest absolute Gasteiger partial charge is 0.493 e. The van der Waals surface area contributed by atoms with Gasteiger partial charge in [-0.3, -0.25) is 14.2 Å². The van der Waals surface area contributed by atoms with Crippen LogP contribution in [0.2, 0.25) is 0 Å². The zero-order chi connectivity index (χ0) is 21.5. The van der Waals surface area contributed by atoms with E-state index in [4.69, 9.17) is 0 Å². The smallest absolute Gasteiger partial charge is 0.338 e. The van der Waals surface area contributed by atoms with E-state index in [1.54, 1.807) is 0 Å². The molecule has 0 fully saturated rings. The molecule has 1 aromatic heterocycles. The molecule has 1 N–H and O–H groups in total. The zero-order valence-electron chi connectivity index (χ0n) is 14.6. The van der Waals surface area contributed by atoms with Gasteiger partial charge >= 0.3 is 12.1 Å². The first kappa shape index (κ1) is 20.8. The third kappa shape index (κ3) is 4.11. The summed E-state index contributed by atoms with van der Waals surface area (Å²) in [6.07, 6.45) is -5.33. The molecule has 0 atom stereocenters. The normalized spacial score (nSPS) is 13.9. The van der Waals surface area contributed by atoms with E-state index < -0.39 is 29.4 Å². The highest BCUT2D eigenvalue weighted by Gasteiger charge is 2.44. The highest BCUT2D eigenvalue weighted by Crippen LogP contribution is 2.30. The lowest BCUT2D eigenvalue weighted by Crippen LogP contribution is -2.43. The molecule has 0 saturated heterocycles. The predicted molar refractivity (Wildman–Crippen MR) is 96.0 cm³/mol. The highest BCUT2D eigenvalue weighted by atomic mass is 79.9. The van der Waals surface area contributed by atoms with Gasteiger partial charge in [-0.25, -0.2) is 9.18 Å². The van der Waals surface area contributed by atoms with Crippen molar-refractivity contribution >= 4 is 39.3 Å². The van der Waals surface area contributed by atoms with Crippen molar-refractivity contribution in [3.8, 4) is 0 Å². The fraction of sp³-hybridized carbons (Fsp3) is 0.235. The zero-order valence-corrected chi connectivity index (χ0v) is 16.2. The number of hydroxylamine groups is 2. The van der Waals surface area contributed by atoms with E-state index in [2.05, 4.69) is 26.1 Å². The second-order valence-corrected chi connectivity index (χ2v) is 6.99. The Morgan fingerprint density at radius 1 is 1.24 bits per heavy atom. The molecule has 2 aromatic rings. The Morgan fingerprint density at radius 2 is 1.93 bits per heavy atom. The third-order valence-electron chi connectivity index (χ3n) is 4.15. The molecular formula is C17H12BrF4N3O4. The Kier molecular flexibility index (Phi) is 5.39. The van der Waals surface area contributed by atoms with E-state index in [1.165, 1.54) is 19.2 Å². The van der Waals surface area contributed by atoms with Crippen LogP contribution in [0.5, 0.6) is 0 Å². The van der Waals surface area contributed by atoms with Gasteiger partial charge in [0, 0.05) is 17.6 Å². The lowest BCUT2D eigenvalue weighted by Gasteiger charge is -2.29. The third-order valence-corrected chi connectivity index (χ3v) is 4.65. The first-order valence-corrected chi connectivity index (χ1v) is 8.84. The lowest BCUT2D eigenvalue weighted by atomic mass is 10.0. The molecule has 1 amide bonds. The summed E-state index contributed by atoms with van der Waals surface area (Å²) in [5, 5.41) is 2.90. The number of fused-ring (bicyclic) bond motifs is 1. The maximum absolute atomic E-state index is 14.2. The van der Waals surface area contributed by atoms with Gasteiger partial charge in [-0.05, 0) is 30.2 Å². The van der Waals surface area contributed by atoms with Gasteiger partial charge in [0.25, 0.3) is 11.5 Å². The standard InChI is InChI=1S/C17H12BrF4N3O4/c1-24-12(26)6-8-4-5-25(29-16(28)17(20,21)22)15(27)13(8)14(24)23-11-3-2-9(18)7-10(11)19/h2-3,6-7,23H,4-5H2,1H3. The van der Waals surface area contributed by atoms with Crippen LogP contribution < -0.4 is 10.9 Å². The minimum absolute atomic E-state index is 0.0419. The topological polar surface area (TPSA) is 80.6 Å². The van der Waals surface area contributed by atoms with Crippen LogP contribution >= 0.6 is 15.9 Å². The van der Waals surface area contributed by atoms with E-state index in [0.29, 0.717) is 4.47 Å². The minimum Gasteiger partial charge on any atom is -0.338 e. The maximum atomic E-state index is 14.2. The van der Waals surface area contributed by atoms with E-state index in [-0.39, 0.29) is 40.7 Å². The molecule has 0 aliphatic carbocycles. The molecular weight excluding hydrogens is 466 g/mol. The summed E-state index contributed by atoms with van der Waals surface area (Å²) in [6.45, 7) is -0.368. The molecule has 0 bridgehead atoms. The van der Waals surface area contributed by atoms with Crippen molar-refractivity contribution in [1.29, 1.82) is 0 Å². The highest BCUT2D eigenvalue weighted by molar-refractivity contribution is 9.10. The minimum atomic E-state index is -5.29. The molecule has 2 heterocycles. The molecule has 0 spiro atoms. The summed E-state index contributed by atoms with van der Waals surface area (Å²) >= 11 is 3.10. The number of hydrogen-bond acceptors (Lipinski definition) is 5. The number of hydrogen-bond donors (Lipinski definition) is 1. The first-order valence-electron chi connectivity index (χ1n) is 8.05.